The number of nitrogens with one attached hydrogen (secondary N) is 1. The number of carbonyl (C=O) groups is 2. The van der Waals surface area contributed by atoms with Crippen molar-refractivity contribution in [3.8, 4) is 0 Å². The summed E-state index contributed by atoms with van der Waals surface area (Å²) in [6.07, 6.45) is 0.221. The second kappa shape index (κ2) is 8.21. The van der Waals surface area contributed by atoms with Gasteiger partial charge < -0.3 is 15.5 Å². The number of likely N-dealkylation sites (N-methyl/N-ethyl adjacent to an activating group) is 1. The van der Waals surface area contributed by atoms with Gasteiger partial charge in [0.15, 0.2) is 0 Å². The number of aliphatic carboxylic acids is 1. The van der Waals surface area contributed by atoms with Crippen LogP contribution in [0.15, 0.2) is 24.3 Å². The summed E-state index contributed by atoms with van der Waals surface area (Å²) in [5.74, 6) is -1.61. The summed E-state index contributed by atoms with van der Waals surface area (Å²) in [7, 11) is 0. The number of aliphatic hydroxyl groups excluding tert-OH is 1. The normalized spacial score (nSPS) is 21.2. The molecule has 24 heavy (non-hydrogen) atoms. The van der Waals surface area contributed by atoms with Crippen molar-refractivity contribution in [1.29, 1.82) is 0 Å². The van der Waals surface area contributed by atoms with E-state index in [2.05, 4.69) is 5.32 Å². The predicted octanol–water partition coefficient (Wildman–Crippen LogP) is 1.30. The molecule has 1 aromatic carbocycles. The number of benzene rings is 1. The Balaban J connectivity index is 1.75. The Hall–Kier alpha value is -1.99. The van der Waals surface area contributed by atoms with Crippen LogP contribution in [0.1, 0.15) is 37.9 Å². The van der Waals surface area contributed by atoms with Crippen molar-refractivity contribution >= 4 is 11.9 Å². The number of carboxylic acid groups (broad SMARTS) is 1. The van der Waals surface area contributed by atoms with Gasteiger partial charge in [0.25, 0.3) is 0 Å². The highest BCUT2D eigenvalue weighted by molar-refractivity contribution is 5.77. The van der Waals surface area contributed by atoms with Gasteiger partial charge >= 0.3 is 5.97 Å². The molecule has 1 aliphatic rings. The minimum absolute atomic E-state index is 0.000118. The van der Waals surface area contributed by atoms with Gasteiger partial charge in [0.05, 0.1) is 19.1 Å². The van der Waals surface area contributed by atoms with Crippen molar-refractivity contribution < 1.29 is 24.2 Å². The minimum Gasteiger partial charge on any atom is -0.480 e. The van der Waals surface area contributed by atoms with E-state index in [1.165, 1.54) is 18.2 Å². The fourth-order valence-electron chi connectivity index (χ4n) is 2.97. The molecule has 132 valence electrons. The molecule has 1 atom stereocenters. The highest BCUT2D eigenvalue weighted by Crippen LogP contribution is 2.26. The monoisotopic (exact) mass is 338 g/mol. The summed E-state index contributed by atoms with van der Waals surface area (Å²) in [6.45, 7) is 2.56. The maximum atomic E-state index is 13.1. The quantitative estimate of drug-likeness (QED) is 0.665. The van der Waals surface area contributed by atoms with Crippen molar-refractivity contribution in [3.63, 3.8) is 0 Å². The largest absolute Gasteiger partial charge is 0.480 e. The molecule has 3 N–H and O–H groups in total. The van der Waals surface area contributed by atoms with Crippen molar-refractivity contribution in [2.24, 2.45) is 0 Å². The molecule has 0 saturated heterocycles. The highest BCUT2D eigenvalue weighted by Gasteiger charge is 2.34. The minimum atomic E-state index is -1.05. The molecule has 1 aliphatic carbocycles. The maximum absolute atomic E-state index is 13.1. The van der Waals surface area contributed by atoms with E-state index in [0.717, 1.165) is 0 Å². The van der Waals surface area contributed by atoms with E-state index in [4.69, 9.17) is 5.11 Å². The van der Waals surface area contributed by atoms with Crippen molar-refractivity contribution in [3.05, 3.63) is 35.6 Å². The highest BCUT2D eigenvalue weighted by atomic mass is 19.1. The molecule has 1 amide bonds. The summed E-state index contributed by atoms with van der Waals surface area (Å²) in [5.41, 5.74) is 0.371. The van der Waals surface area contributed by atoms with Crippen molar-refractivity contribution in [1.82, 2.24) is 10.2 Å². The van der Waals surface area contributed by atoms with Crippen LogP contribution in [0.25, 0.3) is 0 Å². The molecular formula is C17H23FN2O4. The zero-order chi connectivity index (χ0) is 17.7. The van der Waals surface area contributed by atoms with Gasteiger partial charge in [-0.05, 0) is 37.1 Å². The van der Waals surface area contributed by atoms with Crippen LogP contribution >= 0.6 is 0 Å². The van der Waals surface area contributed by atoms with E-state index >= 15 is 0 Å². The molecule has 0 aromatic heterocycles. The Bertz CT molecular complexity index is 590. The van der Waals surface area contributed by atoms with E-state index in [9.17, 15) is 19.1 Å². The summed E-state index contributed by atoms with van der Waals surface area (Å²) in [5, 5.41) is 21.7. The number of nitrogens with zero attached hydrogens (tertiary/aromatic N) is 1. The number of amides is 1. The number of carbonyl (C=O) groups excluding carboxylic acids is 1. The molecule has 1 fully saturated rings. The Morgan fingerprint density at radius 3 is 2.71 bits per heavy atom. The second-order valence-corrected chi connectivity index (χ2v) is 6.12. The van der Waals surface area contributed by atoms with Crippen LogP contribution in [0.3, 0.4) is 0 Å². The van der Waals surface area contributed by atoms with Crippen LogP contribution in [0, 0.1) is 5.82 Å². The molecule has 0 bridgehead atoms. The first kappa shape index (κ1) is 18.4. The van der Waals surface area contributed by atoms with Crippen LogP contribution < -0.4 is 5.32 Å². The summed E-state index contributed by atoms with van der Waals surface area (Å²) in [6, 6.07) is 5.70. The van der Waals surface area contributed by atoms with E-state index in [-0.39, 0.29) is 31.0 Å². The van der Waals surface area contributed by atoms with E-state index in [1.54, 1.807) is 6.07 Å². The number of carboxylic acids is 1. The van der Waals surface area contributed by atoms with Crippen LogP contribution in [-0.4, -0.2) is 52.2 Å². The lowest BCUT2D eigenvalue weighted by atomic mass is 9.85. The lowest BCUT2D eigenvalue weighted by Gasteiger charge is -2.42. The molecule has 0 radical (unpaired) electrons. The van der Waals surface area contributed by atoms with Gasteiger partial charge in [-0.2, -0.15) is 0 Å². The topological polar surface area (TPSA) is 89.9 Å². The number of hydrogen-bond donors (Lipinski definition) is 3. The third-order valence-corrected chi connectivity index (χ3v) is 4.35. The molecule has 0 spiro atoms. The fourth-order valence-corrected chi connectivity index (χ4v) is 2.97. The standard InChI is InChI=1S/C17H23FN2O4/c1-2-20(10-17(23)24)14-7-13(8-14)19-16(22)9-15(21)11-4-3-5-12(18)6-11/h3-6,13-15,21H,2,7-10H2,1H3,(H,19,22)(H,23,24). The predicted molar refractivity (Wildman–Crippen MR) is 85.8 cm³/mol. The Labute approximate surface area is 140 Å². The van der Waals surface area contributed by atoms with Gasteiger partial charge in [-0.25, -0.2) is 4.39 Å². The molecule has 0 heterocycles. The first-order chi connectivity index (χ1) is 11.4. The van der Waals surface area contributed by atoms with Crippen molar-refractivity contribution in [2.45, 2.75) is 44.4 Å². The Morgan fingerprint density at radius 1 is 1.42 bits per heavy atom. The smallest absolute Gasteiger partial charge is 0.317 e. The summed E-state index contributed by atoms with van der Waals surface area (Å²) >= 11 is 0. The number of rotatable bonds is 8. The average molecular weight is 338 g/mol. The van der Waals surface area contributed by atoms with Crippen LogP contribution in [0.2, 0.25) is 0 Å². The van der Waals surface area contributed by atoms with Crippen LogP contribution in [0.5, 0.6) is 0 Å². The van der Waals surface area contributed by atoms with Gasteiger partial charge in [-0.3, -0.25) is 14.5 Å². The van der Waals surface area contributed by atoms with E-state index in [0.29, 0.717) is 24.9 Å². The average Bonchev–Trinajstić information content (AvgIpc) is 2.48. The summed E-state index contributed by atoms with van der Waals surface area (Å²) < 4.78 is 13.1. The number of aliphatic hydroxyl groups is 1. The van der Waals surface area contributed by atoms with Gasteiger partial charge in [0, 0.05) is 12.1 Å². The molecule has 2 rings (SSSR count). The first-order valence-corrected chi connectivity index (χ1v) is 8.07. The number of halogens is 1. The number of hydrogen-bond acceptors (Lipinski definition) is 4. The maximum Gasteiger partial charge on any atom is 0.317 e. The second-order valence-electron chi connectivity index (χ2n) is 6.12. The SMILES string of the molecule is CCN(CC(=O)O)C1CC(NC(=O)CC(O)c2cccc(F)c2)C1. The van der Waals surface area contributed by atoms with E-state index in [1.807, 2.05) is 11.8 Å². The lowest BCUT2D eigenvalue weighted by Crippen LogP contribution is -2.54. The lowest BCUT2D eigenvalue weighted by molar-refractivity contribution is -0.140. The zero-order valence-corrected chi connectivity index (χ0v) is 13.6. The van der Waals surface area contributed by atoms with Gasteiger partial charge in [-0.1, -0.05) is 19.1 Å². The summed E-state index contributed by atoms with van der Waals surface area (Å²) in [4.78, 5) is 24.6. The molecule has 7 heteroatoms. The molecular weight excluding hydrogens is 315 g/mol. The van der Waals surface area contributed by atoms with Crippen LogP contribution in [-0.2, 0) is 9.59 Å². The Kier molecular flexibility index (Phi) is 6.28. The Morgan fingerprint density at radius 2 is 2.12 bits per heavy atom. The fraction of sp³-hybridized carbons (Fsp3) is 0.529. The van der Waals surface area contributed by atoms with Crippen LogP contribution in [0.4, 0.5) is 4.39 Å². The third kappa shape index (κ3) is 5.01. The van der Waals surface area contributed by atoms with Gasteiger partial charge in [-0.15, -0.1) is 0 Å². The molecule has 6 nitrogen and oxygen atoms in total. The molecule has 1 saturated carbocycles. The molecule has 0 aliphatic heterocycles. The first-order valence-electron chi connectivity index (χ1n) is 8.07. The zero-order valence-electron chi connectivity index (χ0n) is 13.6. The molecule has 1 aromatic rings. The molecule has 1 unspecified atom stereocenters. The van der Waals surface area contributed by atoms with Gasteiger partial charge in [0.2, 0.25) is 5.91 Å². The van der Waals surface area contributed by atoms with E-state index < -0.39 is 17.9 Å². The third-order valence-electron chi connectivity index (χ3n) is 4.35. The van der Waals surface area contributed by atoms with Crippen molar-refractivity contribution in [2.75, 3.05) is 13.1 Å². The van der Waals surface area contributed by atoms with Gasteiger partial charge in [0.1, 0.15) is 5.82 Å².